The fourth-order valence-electron chi connectivity index (χ4n) is 2.64. The second kappa shape index (κ2) is 7.46. The Kier molecular flexibility index (Phi) is 5.62. The van der Waals surface area contributed by atoms with Crippen LogP contribution in [-0.2, 0) is 4.79 Å². The molecule has 2 atom stereocenters. The van der Waals surface area contributed by atoms with Crippen LogP contribution in [0, 0.1) is 12.8 Å². The van der Waals surface area contributed by atoms with E-state index >= 15 is 0 Å². The van der Waals surface area contributed by atoms with Gasteiger partial charge in [-0.25, -0.2) is 0 Å². The number of hydrogen-bond acceptors (Lipinski definition) is 3. The van der Waals surface area contributed by atoms with Gasteiger partial charge < -0.3 is 15.0 Å². The molecule has 1 aromatic carbocycles. The molecule has 0 bridgehead atoms. The average Bonchev–Trinajstić information content (AvgIpc) is 2.46. The molecule has 1 aliphatic rings. The lowest BCUT2D eigenvalue weighted by Crippen LogP contribution is -2.45. The van der Waals surface area contributed by atoms with E-state index in [1.165, 1.54) is 5.56 Å². The maximum absolute atomic E-state index is 12.2. The molecule has 0 unspecified atom stereocenters. The van der Waals surface area contributed by atoms with Crippen molar-refractivity contribution >= 4 is 5.91 Å². The Bertz CT molecular complexity index is 458. The summed E-state index contributed by atoms with van der Waals surface area (Å²) in [7, 11) is 2.07. The number of hydrogen-bond donors (Lipinski definition) is 1. The van der Waals surface area contributed by atoms with E-state index in [4.69, 9.17) is 4.74 Å². The molecule has 1 heterocycles. The van der Waals surface area contributed by atoms with Crippen molar-refractivity contribution in [3.8, 4) is 5.75 Å². The topological polar surface area (TPSA) is 41.6 Å². The number of rotatable bonds is 5. The molecular formula is C17H26N2O2. The van der Waals surface area contributed by atoms with Gasteiger partial charge >= 0.3 is 0 Å². The average molecular weight is 290 g/mol. The van der Waals surface area contributed by atoms with Crippen LogP contribution in [0.4, 0.5) is 0 Å². The third kappa shape index (κ3) is 5.05. The Morgan fingerprint density at radius 2 is 2.14 bits per heavy atom. The molecule has 4 nitrogen and oxygen atoms in total. The number of nitrogens with one attached hydrogen (secondary N) is 1. The van der Waals surface area contributed by atoms with Gasteiger partial charge in [-0.1, -0.05) is 17.7 Å². The van der Waals surface area contributed by atoms with E-state index < -0.39 is 0 Å². The summed E-state index contributed by atoms with van der Waals surface area (Å²) in [4.78, 5) is 14.4. The molecule has 0 aromatic heterocycles. The van der Waals surface area contributed by atoms with E-state index in [2.05, 4.69) is 17.3 Å². The fraction of sp³-hybridized carbons (Fsp3) is 0.588. The highest BCUT2D eigenvalue weighted by Crippen LogP contribution is 2.15. The number of ether oxygens (including phenoxy) is 1. The number of amides is 1. The predicted molar refractivity (Wildman–Crippen MR) is 84.5 cm³/mol. The number of carbonyl (C=O) groups is 1. The minimum atomic E-state index is 0.0195. The number of piperidine rings is 1. The molecule has 1 aliphatic heterocycles. The molecule has 0 saturated carbocycles. The standard InChI is InChI=1S/C17H26N2O2/c1-13-6-8-16(9-7-13)21-12-14(2)18-17(20)15-5-4-10-19(3)11-15/h6-9,14-15H,4-5,10-12H2,1-3H3,(H,18,20)/t14-,15+/m0/s1. The Morgan fingerprint density at radius 1 is 1.43 bits per heavy atom. The number of aryl methyl sites for hydroxylation is 1. The molecule has 0 radical (unpaired) electrons. The smallest absolute Gasteiger partial charge is 0.224 e. The molecule has 2 rings (SSSR count). The number of benzene rings is 1. The number of nitrogens with zero attached hydrogens (tertiary/aromatic N) is 1. The molecule has 1 aromatic rings. The first-order valence-electron chi connectivity index (χ1n) is 7.73. The van der Waals surface area contributed by atoms with Gasteiger partial charge in [0.05, 0.1) is 12.0 Å². The summed E-state index contributed by atoms with van der Waals surface area (Å²) in [6.07, 6.45) is 2.09. The summed E-state index contributed by atoms with van der Waals surface area (Å²) in [5, 5.41) is 3.06. The lowest BCUT2D eigenvalue weighted by Gasteiger charge is -2.29. The second-order valence-electron chi connectivity index (χ2n) is 6.14. The van der Waals surface area contributed by atoms with Crippen molar-refractivity contribution in [1.82, 2.24) is 10.2 Å². The SMILES string of the molecule is Cc1ccc(OC[C@H](C)NC(=O)[C@@H]2CCCN(C)C2)cc1. The van der Waals surface area contributed by atoms with Crippen LogP contribution < -0.4 is 10.1 Å². The van der Waals surface area contributed by atoms with Crippen molar-refractivity contribution < 1.29 is 9.53 Å². The van der Waals surface area contributed by atoms with Crippen LogP contribution in [0.25, 0.3) is 0 Å². The Morgan fingerprint density at radius 3 is 2.81 bits per heavy atom. The first kappa shape index (κ1) is 15.8. The maximum atomic E-state index is 12.2. The largest absolute Gasteiger partial charge is 0.491 e. The summed E-state index contributed by atoms with van der Waals surface area (Å²) in [5.74, 6) is 1.12. The van der Waals surface area contributed by atoms with Crippen molar-refractivity contribution in [2.24, 2.45) is 5.92 Å². The summed E-state index contributed by atoms with van der Waals surface area (Å²) in [5.41, 5.74) is 1.21. The van der Waals surface area contributed by atoms with E-state index in [1.54, 1.807) is 0 Å². The van der Waals surface area contributed by atoms with E-state index in [-0.39, 0.29) is 17.9 Å². The molecule has 1 N–H and O–H groups in total. The summed E-state index contributed by atoms with van der Waals surface area (Å²) < 4.78 is 5.71. The van der Waals surface area contributed by atoms with Gasteiger partial charge in [-0.05, 0) is 52.4 Å². The Hall–Kier alpha value is -1.55. The van der Waals surface area contributed by atoms with Crippen molar-refractivity contribution in [2.45, 2.75) is 32.7 Å². The van der Waals surface area contributed by atoms with Crippen LogP contribution in [0.2, 0.25) is 0 Å². The minimum Gasteiger partial charge on any atom is -0.491 e. The molecule has 116 valence electrons. The van der Waals surface area contributed by atoms with Crippen LogP contribution >= 0.6 is 0 Å². The molecule has 1 amide bonds. The maximum Gasteiger partial charge on any atom is 0.224 e. The summed E-state index contributed by atoms with van der Waals surface area (Å²) in [6.45, 7) is 6.48. The zero-order chi connectivity index (χ0) is 15.2. The van der Waals surface area contributed by atoms with Crippen LogP contribution in [0.1, 0.15) is 25.3 Å². The van der Waals surface area contributed by atoms with Gasteiger partial charge in [-0.3, -0.25) is 4.79 Å². The van der Waals surface area contributed by atoms with Crippen molar-refractivity contribution in [1.29, 1.82) is 0 Å². The molecule has 4 heteroatoms. The number of likely N-dealkylation sites (tertiary alicyclic amines) is 1. The van der Waals surface area contributed by atoms with E-state index in [1.807, 2.05) is 38.1 Å². The van der Waals surface area contributed by atoms with Gasteiger partial charge in [-0.2, -0.15) is 0 Å². The van der Waals surface area contributed by atoms with Crippen LogP contribution in [0.5, 0.6) is 5.75 Å². The molecule has 1 saturated heterocycles. The first-order valence-corrected chi connectivity index (χ1v) is 7.73. The molecule has 0 aliphatic carbocycles. The summed E-state index contributed by atoms with van der Waals surface area (Å²) in [6, 6.07) is 7.98. The monoisotopic (exact) mass is 290 g/mol. The van der Waals surface area contributed by atoms with Crippen molar-refractivity contribution in [3.63, 3.8) is 0 Å². The molecule has 0 spiro atoms. The third-order valence-electron chi connectivity index (χ3n) is 3.90. The highest BCUT2D eigenvalue weighted by molar-refractivity contribution is 5.79. The van der Waals surface area contributed by atoms with Crippen molar-refractivity contribution in [2.75, 3.05) is 26.7 Å². The van der Waals surface area contributed by atoms with Gasteiger partial charge in [0.2, 0.25) is 5.91 Å². The van der Waals surface area contributed by atoms with Gasteiger partial charge in [0.25, 0.3) is 0 Å². The van der Waals surface area contributed by atoms with E-state index in [0.29, 0.717) is 6.61 Å². The van der Waals surface area contributed by atoms with Crippen LogP contribution in [0.3, 0.4) is 0 Å². The number of carbonyl (C=O) groups excluding carboxylic acids is 1. The van der Waals surface area contributed by atoms with E-state index in [9.17, 15) is 4.79 Å². The lowest BCUT2D eigenvalue weighted by molar-refractivity contribution is -0.127. The van der Waals surface area contributed by atoms with Gasteiger partial charge in [0.15, 0.2) is 0 Å². The van der Waals surface area contributed by atoms with Gasteiger partial charge in [-0.15, -0.1) is 0 Å². The minimum absolute atomic E-state index is 0.0195. The van der Waals surface area contributed by atoms with Gasteiger partial charge in [0, 0.05) is 6.54 Å². The highest BCUT2D eigenvalue weighted by Gasteiger charge is 2.24. The predicted octanol–water partition coefficient (Wildman–Crippen LogP) is 2.22. The summed E-state index contributed by atoms with van der Waals surface area (Å²) >= 11 is 0. The molecular weight excluding hydrogens is 264 g/mol. The normalized spacial score (nSPS) is 20.8. The zero-order valence-corrected chi connectivity index (χ0v) is 13.3. The van der Waals surface area contributed by atoms with Crippen LogP contribution in [0.15, 0.2) is 24.3 Å². The lowest BCUT2D eigenvalue weighted by atomic mass is 9.97. The van der Waals surface area contributed by atoms with Crippen LogP contribution in [-0.4, -0.2) is 43.6 Å². The van der Waals surface area contributed by atoms with Gasteiger partial charge in [0.1, 0.15) is 12.4 Å². The fourth-order valence-corrected chi connectivity index (χ4v) is 2.64. The molecule has 21 heavy (non-hydrogen) atoms. The first-order chi connectivity index (χ1) is 10.0. The van der Waals surface area contributed by atoms with Crippen molar-refractivity contribution in [3.05, 3.63) is 29.8 Å². The molecule has 1 fully saturated rings. The third-order valence-corrected chi connectivity index (χ3v) is 3.90. The Labute approximate surface area is 127 Å². The van der Waals surface area contributed by atoms with E-state index in [0.717, 1.165) is 31.7 Å². The second-order valence-corrected chi connectivity index (χ2v) is 6.14. The highest BCUT2D eigenvalue weighted by atomic mass is 16.5. The Balaban J connectivity index is 1.74. The zero-order valence-electron chi connectivity index (χ0n) is 13.3. The quantitative estimate of drug-likeness (QED) is 0.904.